The van der Waals surface area contributed by atoms with Gasteiger partial charge in [-0.3, -0.25) is 20.4 Å². The van der Waals surface area contributed by atoms with E-state index in [2.05, 4.69) is 15.6 Å². The van der Waals surface area contributed by atoms with Crippen LogP contribution in [0.5, 0.6) is 0 Å². The highest BCUT2D eigenvalue weighted by molar-refractivity contribution is 5.84. The number of rotatable bonds is 3. The molecule has 0 aromatic carbocycles. The normalized spacial score (nSPS) is 18.5. The lowest BCUT2D eigenvalue weighted by Gasteiger charge is -2.33. The first kappa shape index (κ1) is 18.2. The number of carbonyl (C=O) groups is 3. The van der Waals surface area contributed by atoms with Gasteiger partial charge in [0.2, 0.25) is 5.91 Å². The van der Waals surface area contributed by atoms with Crippen molar-refractivity contribution in [3.8, 4) is 0 Å². The molecule has 1 fully saturated rings. The zero-order chi connectivity index (χ0) is 16.8. The number of nitrogens with one attached hydrogen (secondary N) is 2. The molecule has 1 aliphatic rings. The van der Waals surface area contributed by atoms with Gasteiger partial charge in [0.25, 0.3) is 5.91 Å². The van der Waals surface area contributed by atoms with E-state index in [1.165, 1.54) is 12.0 Å². The van der Waals surface area contributed by atoms with Crippen molar-refractivity contribution in [3.63, 3.8) is 0 Å². The first-order chi connectivity index (χ1) is 10.2. The van der Waals surface area contributed by atoms with Gasteiger partial charge in [-0.05, 0) is 33.6 Å². The van der Waals surface area contributed by atoms with Gasteiger partial charge in [-0.2, -0.15) is 0 Å². The number of amides is 3. The predicted octanol–water partition coefficient (Wildman–Crippen LogP) is 0.427. The van der Waals surface area contributed by atoms with Gasteiger partial charge in [-0.25, -0.2) is 4.79 Å². The van der Waals surface area contributed by atoms with Crippen LogP contribution in [0.1, 0.15) is 33.6 Å². The van der Waals surface area contributed by atoms with E-state index < -0.39 is 17.6 Å². The van der Waals surface area contributed by atoms with E-state index in [1.54, 1.807) is 20.8 Å². The number of piperidine rings is 1. The second kappa shape index (κ2) is 7.98. The lowest BCUT2D eigenvalue weighted by Crippen LogP contribution is -2.51. The van der Waals surface area contributed by atoms with Gasteiger partial charge in [0.1, 0.15) is 12.2 Å². The van der Waals surface area contributed by atoms with Crippen LogP contribution in [0, 0.1) is 5.92 Å². The Morgan fingerprint density at radius 2 is 1.91 bits per heavy atom. The van der Waals surface area contributed by atoms with Crippen LogP contribution in [0.4, 0.5) is 4.79 Å². The van der Waals surface area contributed by atoms with E-state index in [4.69, 9.17) is 4.74 Å². The number of carbonyl (C=O) groups excluding carboxylic acids is 3. The molecular weight excluding hydrogens is 290 g/mol. The van der Waals surface area contributed by atoms with Crippen LogP contribution in [0.2, 0.25) is 0 Å². The Morgan fingerprint density at radius 1 is 1.23 bits per heavy atom. The zero-order valence-corrected chi connectivity index (χ0v) is 13.6. The number of methoxy groups -OCH3 is 1. The summed E-state index contributed by atoms with van der Waals surface area (Å²) in [5.41, 5.74) is 4.04. The summed E-state index contributed by atoms with van der Waals surface area (Å²) in [5, 5.41) is 0. The van der Waals surface area contributed by atoms with E-state index in [-0.39, 0.29) is 25.0 Å². The predicted molar refractivity (Wildman–Crippen MR) is 78.7 cm³/mol. The lowest BCUT2D eigenvalue weighted by molar-refractivity contribution is -0.133. The minimum Gasteiger partial charge on any atom is -0.444 e. The van der Waals surface area contributed by atoms with Crippen LogP contribution in [0.3, 0.4) is 0 Å². The fourth-order valence-electron chi connectivity index (χ4n) is 2.08. The quantitative estimate of drug-likeness (QED) is 0.736. The van der Waals surface area contributed by atoms with E-state index in [1.807, 2.05) is 0 Å². The zero-order valence-electron chi connectivity index (χ0n) is 13.6. The summed E-state index contributed by atoms with van der Waals surface area (Å²) in [6, 6.07) is 0. The Labute approximate surface area is 130 Å². The van der Waals surface area contributed by atoms with Gasteiger partial charge in [0, 0.05) is 20.2 Å². The summed E-state index contributed by atoms with van der Waals surface area (Å²) in [4.78, 5) is 36.8. The molecule has 0 saturated carbocycles. The van der Waals surface area contributed by atoms with Crippen LogP contribution in [-0.2, 0) is 19.1 Å². The van der Waals surface area contributed by atoms with Crippen LogP contribution >= 0.6 is 0 Å². The first-order valence-electron chi connectivity index (χ1n) is 7.28. The van der Waals surface area contributed by atoms with Gasteiger partial charge in [0.05, 0.1) is 5.92 Å². The molecule has 1 saturated heterocycles. The summed E-state index contributed by atoms with van der Waals surface area (Å²) in [6.45, 7) is 6.10. The smallest absolute Gasteiger partial charge is 0.410 e. The highest BCUT2D eigenvalue weighted by Gasteiger charge is 2.31. The molecule has 1 heterocycles. The molecule has 3 amide bonds. The molecule has 0 spiro atoms. The van der Waals surface area contributed by atoms with Gasteiger partial charge >= 0.3 is 6.09 Å². The number of hydrogen-bond acceptors (Lipinski definition) is 5. The first-order valence-corrected chi connectivity index (χ1v) is 7.28. The molecule has 0 unspecified atom stereocenters. The maximum absolute atomic E-state index is 12.0. The third-order valence-corrected chi connectivity index (χ3v) is 3.04. The van der Waals surface area contributed by atoms with Gasteiger partial charge in [-0.1, -0.05) is 0 Å². The second-order valence-corrected chi connectivity index (χ2v) is 6.24. The molecule has 1 rings (SSSR count). The maximum Gasteiger partial charge on any atom is 0.410 e. The molecule has 2 N–H and O–H groups in total. The van der Waals surface area contributed by atoms with E-state index >= 15 is 0 Å². The number of ether oxygens (including phenoxy) is 2. The van der Waals surface area contributed by atoms with Crippen LogP contribution in [0.15, 0.2) is 0 Å². The van der Waals surface area contributed by atoms with Crippen molar-refractivity contribution < 1.29 is 23.9 Å². The highest BCUT2D eigenvalue weighted by Crippen LogP contribution is 2.19. The van der Waals surface area contributed by atoms with Crippen molar-refractivity contribution in [3.05, 3.63) is 0 Å². The fourth-order valence-corrected chi connectivity index (χ4v) is 2.08. The molecule has 0 aliphatic carbocycles. The standard InChI is InChI=1S/C14H25N3O5/c1-14(2,3)22-13(20)17-7-5-6-10(8-17)12(19)16-15-11(18)9-21-4/h10H,5-9H2,1-4H3,(H,15,18)(H,16,19)/t10-/m1/s1. The van der Waals surface area contributed by atoms with Crippen molar-refractivity contribution in [2.45, 2.75) is 39.2 Å². The number of nitrogens with zero attached hydrogens (tertiary/aromatic N) is 1. The summed E-state index contributed by atoms with van der Waals surface area (Å²) < 4.78 is 9.95. The summed E-state index contributed by atoms with van der Waals surface area (Å²) in [5.74, 6) is -1.13. The SMILES string of the molecule is COCC(=O)NNC(=O)[C@@H]1CCCN(C(=O)OC(C)(C)C)C1. The molecule has 1 aliphatic heterocycles. The van der Waals surface area contributed by atoms with Crippen LogP contribution < -0.4 is 10.9 Å². The van der Waals surface area contributed by atoms with Crippen molar-refractivity contribution in [1.82, 2.24) is 15.8 Å². The minimum atomic E-state index is -0.569. The molecule has 22 heavy (non-hydrogen) atoms. The lowest BCUT2D eigenvalue weighted by atomic mass is 9.98. The number of hydrazine groups is 1. The topological polar surface area (TPSA) is 97.0 Å². The average Bonchev–Trinajstić information content (AvgIpc) is 2.43. The molecular formula is C14H25N3O5. The molecule has 0 aromatic rings. The molecule has 1 atom stereocenters. The van der Waals surface area contributed by atoms with Crippen molar-refractivity contribution in [2.24, 2.45) is 5.92 Å². The summed E-state index contributed by atoms with van der Waals surface area (Å²) in [6.07, 6.45) is 0.947. The third kappa shape index (κ3) is 6.30. The van der Waals surface area contributed by atoms with Gasteiger partial charge in [-0.15, -0.1) is 0 Å². The molecule has 0 aromatic heterocycles. The Morgan fingerprint density at radius 3 is 2.50 bits per heavy atom. The van der Waals surface area contributed by atoms with E-state index in [0.717, 1.165) is 0 Å². The molecule has 8 nitrogen and oxygen atoms in total. The summed E-state index contributed by atoms with van der Waals surface area (Å²) >= 11 is 0. The Bertz CT molecular complexity index is 419. The van der Waals surface area contributed by atoms with Crippen LogP contribution in [0.25, 0.3) is 0 Å². The molecule has 8 heteroatoms. The third-order valence-electron chi connectivity index (χ3n) is 3.04. The molecule has 0 bridgehead atoms. The highest BCUT2D eigenvalue weighted by atomic mass is 16.6. The van der Waals surface area contributed by atoms with Crippen molar-refractivity contribution >= 4 is 17.9 Å². The van der Waals surface area contributed by atoms with Crippen LogP contribution in [-0.4, -0.2) is 55.2 Å². The molecule has 0 radical (unpaired) electrons. The van der Waals surface area contributed by atoms with Crippen molar-refractivity contribution in [2.75, 3.05) is 26.8 Å². The van der Waals surface area contributed by atoms with Gasteiger partial charge in [0.15, 0.2) is 0 Å². The fraction of sp³-hybridized carbons (Fsp3) is 0.786. The van der Waals surface area contributed by atoms with Gasteiger partial charge < -0.3 is 14.4 Å². The molecule has 126 valence electrons. The monoisotopic (exact) mass is 315 g/mol. The Balaban J connectivity index is 2.47. The number of likely N-dealkylation sites (tertiary alicyclic amines) is 1. The second-order valence-electron chi connectivity index (χ2n) is 6.24. The average molecular weight is 315 g/mol. The minimum absolute atomic E-state index is 0.130. The Hall–Kier alpha value is -1.83. The van der Waals surface area contributed by atoms with E-state index in [0.29, 0.717) is 19.4 Å². The van der Waals surface area contributed by atoms with Crippen molar-refractivity contribution in [1.29, 1.82) is 0 Å². The summed E-state index contributed by atoms with van der Waals surface area (Å²) in [7, 11) is 1.39. The maximum atomic E-state index is 12.0. The Kier molecular flexibility index (Phi) is 6.61. The van der Waals surface area contributed by atoms with E-state index in [9.17, 15) is 14.4 Å². The number of hydrogen-bond donors (Lipinski definition) is 2. The largest absolute Gasteiger partial charge is 0.444 e.